The molecule has 0 unspecified atom stereocenters. The molecular weight excluding hydrogens is 399 g/mol. The van der Waals surface area contributed by atoms with Crippen LogP contribution in [0.2, 0.25) is 10.0 Å². The smallest absolute Gasteiger partial charge is 0.343 e. The van der Waals surface area contributed by atoms with E-state index >= 15 is 0 Å². The monoisotopic (exact) mass is 418 g/mol. The number of rotatable bonds is 4. The van der Waals surface area contributed by atoms with E-state index in [-0.39, 0.29) is 17.4 Å². The predicted molar refractivity (Wildman–Crippen MR) is 108 cm³/mol. The van der Waals surface area contributed by atoms with Crippen LogP contribution in [-0.4, -0.2) is 22.8 Å². The maximum atomic E-state index is 12.5. The van der Waals surface area contributed by atoms with Crippen LogP contribution in [0, 0.1) is 0 Å². The van der Waals surface area contributed by atoms with Crippen LogP contribution in [0.3, 0.4) is 0 Å². The summed E-state index contributed by atoms with van der Waals surface area (Å²) in [5, 5.41) is 11.6. The summed E-state index contributed by atoms with van der Waals surface area (Å²) in [4.78, 5) is 12.5. The van der Waals surface area contributed by atoms with Gasteiger partial charge in [0.15, 0.2) is 11.4 Å². The maximum absolute atomic E-state index is 12.5. The highest BCUT2D eigenvalue weighted by Crippen LogP contribution is 2.47. The van der Waals surface area contributed by atoms with Gasteiger partial charge in [0.1, 0.15) is 5.57 Å². The summed E-state index contributed by atoms with van der Waals surface area (Å²) in [7, 11) is 0. The van der Waals surface area contributed by atoms with Crippen molar-refractivity contribution in [3.05, 3.63) is 75.5 Å². The van der Waals surface area contributed by atoms with Crippen molar-refractivity contribution in [1.82, 2.24) is 0 Å². The fraction of sp³-hybridized carbons (Fsp3) is 0.318. The Hall–Kier alpha value is -2.01. The lowest BCUT2D eigenvalue weighted by atomic mass is 9.81. The average molecular weight is 419 g/mol. The number of halogens is 2. The minimum atomic E-state index is -0.984. The first kappa shape index (κ1) is 19.3. The van der Waals surface area contributed by atoms with Gasteiger partial charge in [-0.25, -0.2) is 4.79 Å². The van der Waals surface area contributed by atoms with E-state index in [9.17, 15) is 9.90 Å². The Morgan fingerprint density at radius 1 is 1.11 bits per heavy atom. The van der Waals surface area contributed by atoms with Gasteiger partial charge >= 0.3 is 5.97 Å². The van der Waals surface area contributed by atoms with Crippen LogP contribution in [0.1, 0.15) is 36.8 Å². The summed E-state index contributed by atoms with van der Waals surface area (Å²) in [6.45, 7) is 0.547. The first-order valence-corrected chi connectivity index (χ1v) is 10.0. The number of carbonyl (C=O) groups is 1. The van der Waals surface area contributed by atoms with E-state index in [1.54, 1.807) is 18.2 Å². The molecule has 1 saturated carbocycles. The van der Waals surface area contributed by atoms with E-state index in [4.69, 9.17) is 32.7 Å². The third-order valence-corrected chi connectivity index (χ3v) is 5.98. The number of benzene rings is 2. The number of hydrogen-bond donors (Lipinski definition) is 1. The highest BCUT2D eigenvalue weighted by molar-refractivity contribution is 6.37. The van der Waals surface area contributed by atoms with Crippen LogP contribution in [0.5, 0.6) is 0 Å². The van der Waals surface area contributed by atoms with Crippen LogP contribution in [0.4, 0.5) is 0 Å². The normalized spacial score (nSPS) is 24.6. The van der Waals surface area contributed by atoms with Crippen LogP contribution >= 0.6 is 23.2 Å². The molecule has 4 nitrogen and oxygen atoms in total. The molecule has 28 heavy (non-hydrogen) atoms. The molecule has 0 bridgehead atoms. The second-order valence-electron chi connectivity index (χ2n) is 7.23. The van der Waals surface area contributed by atoms with Crippen LogP contribution in [0.15, 0.2) is 54.3 Å². The minimum absolute atomic E-state index is 0.0387. The molecule has 0 aromatic heterocycles. The third kappa shape index (κ3) is 3.64. The lowest BCUT2D eigenvalue weighted by molar-refractivity contribution is -0.152. The molecule has 0 saturated heterocycles. The molecule has 2 aromatic carbocycles. The van der Waals surface area contributed by atoms with Crippen molar-refractivity contribution in [3.8, 4) is 0 Å². The number of carbonyl (C=O) groups excluding carboxylic acids is 1. The lowest BCUT2D eigenvalue weighted by Gasteiger charge is -2.35. The quantitative estimate of drug-likeness (QED) is 0.645. The molecule has 1 aliphatic heterocycles. The summed E-state index contributed by atoms with van der Waals surface area (Å²) in [5.74, 6) is -0.589. The van der Waals surface area contributed by atoms with Crippen molar-refractivity contribution in [2.24, 2.45) is 0 Å². The van der Waals surface area contributed by atoms with E-state index in [0.717, 1.165) is 5.56 Å². The molecule has 1 fully saturated rings. The number of esters is 1. The Kier molecular flexibility index (Phi) is 5.37. The van der Waals surface area contributed by atoms with E-state index in [1.807, 2.05) is 30.3 Å². The van der Waals surface area contributed by atoms with Crippen molar-refractivity contribution in [3.63, 3.8) is 0 Å². The number of ether oxygens (including phenoxy) is 2. The SMILES string of the molecule is O=C1OC2(CCC(OCc3ccccc3)CC2)C(O)=C1c1ccc(Cl)cc1Cl. The first-order valence-electron chi connectivity index (χ1n) is 9.26. The van der Waals surface area contributed by atoms with Gasteiger partial charge in [0.2, 0.25) is 0 Å². The van der Waals surface area contributed by atoms with Gasteiger partial charge < -0.3 is 14.6 Å². The van der Waals surface area contributed by atoms with Gasteiger partial charge in [-0.2, -0.15) is 0 Å². The molecule has 0 radical (unpaired) electrons. The molecule has 4 rings (SSSR count). The number of aliphatic hydroxyl groups excluding tert-OH is 1. The van der Waals surface area contributed by atoms with E-state index in [0.29, 0.717) is 47.9 Å². The third-order valence-electron chi connectivity index (χ3n) is 5.43. The Morgan fingerprint density at radius 3 is 2.50 bits per heavy atom. The fourth-order valence-corrected chi connectivity index (χ4v) is 4.39. The molecule has 2 aromatic rings. The average Bonchev–Trinajstić information content (AvgIpc) is 2.92. The predicted octanol–water partition coefficient (Wildman–Crippen LogP) is 5.72. The minimum Gasteiger partial charge on any atom is -0.507 e. The topological polar surface area (TPSA) is 55.8 Å². The van der Waals surface area contributed by atoms with Gasteiger partial charge in [-0.05, 0) is 43.4 Å². The molecule has 6 heteroatoms. The molecule has 146 valence electrons. The highest BCUT2D eigenvalue weighted by Gasteiger charge is 2.50. The van der Waals surface area contributed by atoms with Gasteiger partial charge in [0, 0.05) is 10.6 Å². The Morgan fingerprint density at radius 2 is 1.82 bits per heavy atom. The molecule has 1 spiro atoms. The highest BCUT2D eigenvalue weighted by atomic mass is 35.5. The van der Waals surface area contributed by atoms with E-state index < -0.39 is 11.6 Å². The Bertz CT molecular complexity index is 915. The molecule has 2 aliphatic rings. The van der Waals surface area contributed by atoms with E-state index in [1.165, 1.54) is 0 Å². The van der Waals surface area contributed by atoms with Gasteiger partial charge in [0.05, 0.1) is 17.7 Å². The van der Waals surface area contributed by atoms with Crippen molar-refractivity contribution >= 4 is 34.7 Å². The van der Waals surface area contributed by atoms with Crippen molar-refractivity contribution < 1.29 is 19.4 Å². The molecule has 0 atom stereocenters. The summed E-state index contributed by atoms with van der Waals surface area (Å²) < 4.78 is 11.7. The summed E-state index contributed by atoms with van der Waals surface area (Å²) >= 11 is 12.2. The second kappa shape index (κ2) is 7.78. The van der Waals surface area contributed by atoms with Crippen LogP contribution in [-0.2, 0) is 20.9 Å². The Labute approximate surface area is 173 Å². The standard InChI is InChI=1S/C22H20Cl2O4/c23-15-6-7-17(18(24)12-15)19-20(25)22(28-21(19)26)10-8-16(9-11-22)27-13-14-4-2-1-3-5-14/h1-7,12,16,25H,8-11,13H2. The maximum Gasteiger partial charge on any atom is 0.343 e. The zero-order valence-corrected chi connectivity index (χ0v) is 16.7. The second-order valence-corrected chi connectivity index (χ2v) is 8.07. The van der Waals surface area contributed by atoms with Crippen molar-refractivity contribution in [2.75, 3.05) is 0 Å². The van der Waals surface area contributed by atoms with E-state index in [2.05, 4.69) is 0 Å². The largest absolute Gasteiger partial charge is 0.507 e. The van der Waals surface area contributed by atoms with Gasteiger partial charge in [0.25, 0.3) is 0 Å². The van der Waals surface area contributed by atoms with Gasteiger partial charge in [-0.15, -0.1) is 0 Å². The zero-order valence-electron chi connectivity index (χ0n) is 15.2. The van der Waals surface area contributed by atoms with Crippen LogP contribution < -0.4 is 0 Å². The molecule has 1 heterocycles. The zero-order chi connectivity index (χ0) is 19.7. The van der Waals surface area contributed by atoms with Crippen molar-refractivity contribution in [1.29, 1.82) is 0 Å². The summed E-state index contributed by atoms with van der Waals surface area (Å²) in [5.41, 5.74) is 0.706. The van der Waals surface area contributed by atoms with Gasteiger partial charge in [-0.3, -0.25) is 0 Å². The fourth-order valence-electron chi connectivity index (χ4n) is 3.88. The molecule has 1 N–H and O–H groups in total. The van der Waals surface area contributed by atoms with Gasteiger partial charge in [-0.1, -0.05) is 59.6 Å². The Balaban J connectivity index is 1.47. The summed E-state index contributed by atoms with van der Waals surface area (Å²) in [6.07, 6.45) is 2.50. The first-order chi connectivity index (χ1) is 13.5. The molecular formula is C22H20Cl2O4. The number of hydrogen-bond acceptors (Lipinski definition) is 4. The number of aliphatic hydroxyl groups is 1. The molecule has 0 amide bonds. The van der Waals surface area contributed by atoms with Crippen LogP contribution in [0.25, 0.3) is 5.57 Å². The molecule has 1 aliphatic carbocycles. The lowest BCUT2D eigenvalue weighted by Crippen LogP contribution is -2.39. The summed E-state index contributed by atoms with van der Waals surface area (Å²) in [6, 6.07) is 14.8. The van der Waals surface area contributed by atoms with Crippen molar-refractivity contribution in [2.45, 2.75) is 44.0 Å².